The molecule has 3 aromatic rings. The summed E-state index contributed by atoms with van der Waals surface area (Å²) in [6.07, 6.45) is 1.30. The van der Waals surface area contributed by atoms with Crippen LogP contribution in [0.2, 0.25) is 0 Å². The summed E-state index contributed by atoms with van der Waals surface area (Å²) in [6.45, 7) is 0. The minimum atomic E-state index is 0.159. The molecule has 0 amide bonds. The number of methoxy groups -OCH3 is 1. The molecule has 1 aromatic heterocycles. The predicted octanol–water partition coefficient (Wildman–Crippen LogP) is 5.00. The molecule has 3 rings (SSSR count). The van der Waals surface area contributed by atoms with E-state index >= 15 is 0 Å². The third-order valence-electron chi connectivity index (χ3n) is 3.77. The van der Waals surface area contributed by atoms with Crippen LogP contribution in [0.4, 0.5) is 0 Å². The topological polar surface area (TPSA) is 67.9 Å². The number of Topliss-reactive ketones (excluding diaryl/α,β-unsaturated/α-hetero) is 1. The summed E-state index contributed by atoms with van der Waals surface area (Å²) >= 11 is 4.92. The van der Waals surface area contributed by atoms with Gasteiger partial charge in [0.05, 0.1) is 7.11 Å². The standard InChI is InChI=1S/C19H18BrN3O2S/c1-25-16-10-6-14(7-11-16)18-21-19(23-22-18)26-12-2-3-17(24)13-4-8-15(20)9-5-13/h4-11H,2-3,12H2,1H3,(H,21,22,23). The summed E-state index contributed by atoms with van der Waals surface area (Å²) in [5.74, 6) is 2.48. The fraction of sp³-hybridized carbons (Fsp3) is 0.211. The van der Waals surface area contributed by atoms with Gasteiger partial charge in [0.25, 0.3) is 0 Å². The molecule has 0 aliphatic heterocycles. The number of H-pyrrole nitrogens is 1. The lowest BCUT2D eigenvalue weighted by Crippen LogP contribution is -1.99. The van der Waals surface area contributed by atoms with Gasteiger partial charge in [0.15, 0.2) is 11.6 Å². The van der Waals surface area contributed by atoms with E-state index in [1.54, 1.807) is 18.9 Å². The SMILES string of the molecule is COc1ccc(-c2nc(SCCCC(=O)c3ccc(Br)cc3)n[nH]2)cc1. The first-order valence-corrected chi connectivity index (χ1v) is 9.92. The molecule has 0 spiro atoms. The van der Waals surface area contributed by atoms with Gasteiger partial charge in [-0.05, 0) is 42.8 Å². The number of carbonyl (C=O) groups excluding carboxylic acids is 1. The molecular weight excluding hydrogens is 414 g/mol. The lowest BCUT2D eigenvalue weighted by atomic mass is 10.1. The van der Waals surface area contributed by atoms with Gasteiger partial charge in [-0.25, -0.2) is 4.98 Å². The molecule has 0 bridgehead atoms. The summed E-state index contributed by atoms with van der Waals surface area (Å²) in [7, 11) is 1.64. The highest BCUT2D eigenvalue weighted by Crippen LogP contribution is 2.22. The van der Waals surface area contributed by atoms with Crippen LogP contribution in [0, 0.1) is 0 Å². The van der Waals surface area contributed by atoms with Crippen LogP contribution in [-0.4, -0.2) is 33.8 Å². The second-order valence-electron chi connectivity index (χ2n) is 5.58. The van der Waals surface area contributed by atoms with Crippen LogP contribution < -0.4 is 4.74 Å². The van der Waals surface area contributed by atoms with E-state index in [9.17, 15) is 4.79 Å². The van der Waals surface area contributed by atoms with E-state index in [0.29, 0.717) is 11.6 Å². The molecule has 0 fully saturated rings. The maximum Gasteiger partial charge on any atom is 0.208 e. The summed E-state index contributed by atoms with van der Waals surface area (Å²) < 4.78 is 6.13. The number of nitrogens with one attached hydrogen (secondary N) is 1. The van der Waals surface area contributed by atoms with Crippen molar-refractivity contribution in [3.63, 3.8) is 0 Å². The maximum absolute atomic E-state index is 12.1. The Bertz CT molecular complexity index is 863. The van der Waals surface area contributed by atoms with Gasteiger partial charge >= 0.3 is 0 Å². The smallest absolute Gasteiger partial charge is 0.208 e. The number of rotatable bonds is 8. The molecule has 0 saturated heterocycles. The predicted molar refractivity (Wildman–Crippen MR) is 107 cm³/mol. The molecule has 2 aromatic carbocycles. The number of ether oxygens (including phenoxy) is 1. The summed E-state index contributed by atoms with van der Waals surface area (Å²) in [5.41, 5.74) is 1.70. The van der Waals surface area contributed by atoms with Crippen molar-refractivity contribution in [1.29, 1.82) is 0 Å². The largest absolute Gasteiger partial charge is 0.497 e. The molecule has 0 unspecified atom stereocenters. The zero-order chi connectivity index (χ0) is 18.4. The quantitative estimate of drug-likeness (QED) is 0.308. The first-order valence-electron chi connectivity index (χ1n) is 8.14. The zero-order valence-electron chi connectivity index (χ0n) is 14.2. The van der Waals surface area contributed by atoms with Crippen LogP contribution >= 0.6 is 27.7 Å². The molecule has 0 atom stereocenters. The zero-order valence-corrected chi connectivity index (χ0v) is 16.6. The van der Waals surface area contributed by atoms with Gasteiger partial charge in [-0.15, -0.1) is 5.10 Å². The Kier molecular flexibility index (Phi) is 6.46. The molecule has 7 heteroatoms. The fourth-order valence-electron chi connectivity index (χ4n) is 2.37. The summed E-state index contributed by atoms with van der Waals surface area (Å²) in [6, 6.07) is 15.1. The van der Waals surface area contributed by atoms with Gasteiger partial charge in [-0.2, -0.15) is 0 Å². The molecular formula is C19H18BrN3O2S. The monoisotopic (exact) mass is 431 g/mol. The number of nitrogens with zero attached hydrogens (tertiary/aromatic N) is 2. The van der Waals surface area contributed by atoms with Crippen molar-refractivity contribution in [2.45, 2.75) is 18.0 Å². The number of ketones is 1. The Hall–Kier alpha value is -2.12. The van der Waals surface area contributed by atoms with Crippen molar-refractivity contribution in [2.24, 2.45) is 0 Å². The van der Waals surface area contributed by atoms with Crippen LogP contribution in [0.1, 0.15) is 23.2 Å². The third-order valence-corrected chi connectivity index (χ3v) is 5.24. The fourth-order valence-corrected chi connectivity index (χ4v) is 3.37. The number of halogens is 1. The van der Waals surface area contributed by atoms with Crippen LogP contribution in [0.25, 0.3) is 11.4 Å². The second kappa shape index (κ2) is 9.00. The van der Waals surface area contributed by atoms with Crippen molar-refractivity contribution in [1.82, 2.24) is 15.2 Å². The van der Waals surface area contributed by atoms with Gasteiger partial charge in [0, 0.05) is 27.8 Å². The minimum Gasteiger partial charge on any atom is -0.497 e. The number of hydrogen-bond acceptors (Lipinski definition) is 5. The minimum absolute atomic E-state index is 0.159. The molecule has 134 valence electrons. The summed E-state index contributed by atoms with van der Waals surface area (Å²) in [4.78, 5) is 16.6. The van der Waals surface area contributed by atoms with E-state index in [4.69, 9.17) is 4.74 Å². The molecule has 0 radical (unpaired) electrons. The number of hydrogen-bond donors (Lipinski definition) is 1. The molecule has 0 aliphatic rings. The Balaban J connectivity index is 1.47. The van der Waals surface area contributed by atoms with E-state index in [2.05, 4.69) is 31.1 Å². The van der Waals surface area contributed by atoms with Crippen molar-refractivity contribution in [3.8, 4) is 17.1 Å². The van der Waals surface area contributed by atoms with Gasteiger partial charge < -0.3 is 4.74 Å². The number of carbonyl (C=O) groups is 1. The highest BCUT2D eigenvalue weighted by atomic mass is 79.9. The van der Waals surface area contributed by atoms with Gasteiger partial charge in [0.2, 0.25) is 5.16 Å². The average molecular weight is 432 g/mol. The van der Waals surface area contributed by atoms with Crippen molar-refractivity contribution in [3.05, 3.63) is 58.6 Å². The number of aromatic nitrogens is 3. The highest BCUT2D eigenvalue weighted by molar-refractivity contribution is 9.10. The maximum atomic E-state index is 12.1. The van der Waals surface area contributed by atoms with Crippen molar-refractivity contribution < 1.29 is 9.53 Å². The van der Waals surface area contributed by atoms with E-state index in [-0.39, 0.29) is 5.78 Å². The Morgan fingerprint density at radius 1 is 1.15 bits per heavy atom. The second-order valence-corrected chi connectivity index (χ2v) is 7.55. The lowest BCUT2D eigenvalue weighted by molar-refractivity contribution is 0.0982. The molecule has 0 saturated carbocycles. The number of aromatic amines is 1. The van der Waals surface area contributed by atoms with Crippen LogP contribution in [0.3, 0.4) is 0 Å². The third kappa shape index (κ3) is 4.95. The molecule has 0 aliphatic carbocycles. The van der Waals surface area contributed by atoms with Gasteiger partial charge in [0.1, 0.15) is 5.75 Å². The molecule has 1 heterocycles. The average Bonchev–Trinajstić information content (AvgIpc) is 3.14. The van der Waals surface area contributed by atoms with Gasteiger partial charge in [-0.1, -0.05) is 39.8 Å². The number of benzene rings is 2. The van der Waals surface area contributed by atoms with E-state index in [1.165, 1.54) is 0 Å². The van der Waals surface area contributed by atoms with E-state index in [1.807, 2.05) is 48.5 Å². The normalized spacial score (nSPS) is 10.7. The van der Waals surface area contributed by atoms with Crippen LogP contribution in [-0.2, 0) is 0 Å². The molecule has 26 heavy (non-hydrogen) atoms. The van der Waals surface area contributed by atoms with Crippen molar-refractivity contribution in [2.75, 3.05) is 12.9 Å². The Morgan fingerprint density at radius 3 is 2.58 bits per heavy atom. The van der Waals surface area contributed by atoms with E-state index < -0.39 is 0 Å². The highest BCUT2D eigenvalue weighted by Gasteiger charge is 2.08. The summed E-state index contributed by atoms with van der Waals surface area (Å²) in [5, 5.41) is 7.86. The Labute approximate surface area is 164 Å². The lowest BCUT2D eigenvalue weighted by Gasteiger charge is -2.01. The Morgan fingerprint density at radius 2 is 1.88 bits per heavy atom. The van der Waals surface area contributed by atoms with Crippen molar-refractivity contribution >= 4 is 33.5 Å². The molecule has 1 N–H and O–H groups in total. The van der Waals surface area contributed by atoms with E-state index in [0.717, 1.165) is 39.3 Å². The van der Waals surface area contributed by atoms with Crippen LogP contribution in [0.5, 0.6) is 5.75 Å². The first-order chi connectivity index (χ1) is 12.7. The number of thioether (sulfide) groups is 1. The molecule has 5 nitrogen and oxygen atoms in total. The van der Waals surface area contributed by atoms with Gasteiger partial charge in [-0.3, -0.25) is 9.89 Å². The first kappa shape index (κ1) is 18.7. The van der Waals surface area contributed by atoms with Crippen LogP contribution in [0.15, 0.2) is 58.2 Å².